The number of carbonyl (C=O) groups is 1. The SMILES string of the molecule is CCCOc1ccccc1NC(=O)CN(Cc1ccco1)Cc1ccco1. The summed E-state index contributed by atoms with van der Waals surface area (Å²) in [7, 11) is 0. The molecule has 0 atom stereocenters. The van der Waals surface area contributed by atoms with Gasteiger partial charge >= 0.3 is 0 Å². The molecule has 0 fully saturated rings. The van der Waals surface area contributed by atoms with Crippen LogP contribution in [0.4, 0.5) is 5.69 Å². The molecule has 1 aromatic carbocycles. The molecule has 0 bridgehead atoms. The van der Waals surface area contributed by atoms with E-state index in [2.05, 4.69) is 5.32 Å². The van der Waals surface area contributed by atoms with Crippen molar-refractivity contribution in [2.45, 2.75) is 26.4 Å². The summed E-state index contributed by atoms with van der Waals surface area (Å²) in [5.41, 5.74) is 0.673. The van der Waals surface area contributed by atoms with Gasteiger partial charge in [-0.1, -0.05) is 19.1 Å². The summed E-state index contributed by atoms with van der Waals surface area (Å²) in [5, 5.41) is 2.94. The summed E-state index contributed by atoms with van der Waals surface area (Å²) in [4.78, 5) is 14.6. The number of amides is 1. The topological polar surface area (TPSA) is 67.8 Å². The van der Waals surface area contributed by atoms with Crippen molar-refractivity contribution >= 4 is 11.6 Å². The highest BCUT2D eigenvalue weighted by atomic mass is 16.5. The van der Waals surface area contributed by atoms with E-state index in [0.717, 1.165) is 17.9 Å². The van der Waals surface area contributed by atoms with Gasteiger partial charge in [-0.05, 0) is 42.8 Å². The van der Waals surface area contributed by atoms with Crippen LogP contribution in [0.15, 0.2) is 69.9 Å². The number of para-hydroxylation sites is 2. The van der Waals surface area contributed by atoms with Crippen molar-refractivity contribution < 1.29 is 18.4 Å². The van der Waals surface area contributed by atoms with E-state index in [4.69, 9.17) is 13.6 Å². The number of hydrogen-bond acceptors (Lipinski definition) is 5. The van der Waals surface area contributed by atoms with Gasteiger partial charge in [-0.2, -0.15) is 0 Å². The van der Waals surface area contributed by atoms with Crippen LogP contribution >= 0.6 is 0 Å². The van der Waals surface area contributed by atoms with E-state index in [1.165, 1.54) is 0 Å². The molecule has 0 aliphatic carbocycles. The Kier molecular flexibility index (Phi) is 6.71. The zero-order valence-electron chi connectivity index (χ0n) is 15.4. The molecule has 2 aromatic heterocycles. The van der Waals surface area contributed by atoms with Crippen LogP contribution < -0.4 is 10.1 Å². The predicted octanol–water partition coefficient (Wildman–Crippen LogP) is 4.30. The largest absolute Gasteiger partial charge is 0.491 e. The van der Waals surface area contributed by atoms with E-state index in [1.54, 1.807) is 12.5 Å². The summed E-state index contributed by atoms with van der Waals surface area (Å²) >= 11 is 0. The highest BCUT2D eigenvalue weighted by molar-refractivity contribution is 5.93. The van der Waals surface area contributed by atoms with Crippen LogP contribution in [0.3, 0.4) is 0 Å². The minimum Gasteiger partial charge on any atom is -0.491 e. The molecule has 0 saturated heterocycles. The molecule has 0 unspecified atom stereocenters. The van der Waals surface area contributed by atoms with Crippen molar-refractivity contribution in [1.82, 2.24) is 4.90 Å². The number of ether oxygens (including phenoxy) is 1. The Morgan fingerprint density at radius 3 is 2.26 bits per heavy atom. The molecule has 0 radical (unpaired) electrons. The number of hydrogen-bond donors (Lipinski definition) is 1. The molecule has 0 spiro atoms. The lowest BCUT2D eigenvalue weighted by molar-refractivity contribution is -0.117. The molecule has 2 heterocycles. The van der Waals surface area contributed by atoms with Crippen LogP contribution in [0.5, 0.6) is 5.75 Å². The van der Waals surface area contributed by atoms with Gasteiger partial charge in [0.1, 0.15) is 17.3 Å². The van der Waals surface area contributed by atoms with E-state index < -0.39 is 0 Å². The van der Waals surface area contributed by atoms with Gasteiger partial charge in [0.15, 0.2) is 0 Å². The first kappa shape index (κ1) is 18.8. The fourth-order valence-electron chi connectivity index (χ4n) is 2.71. The standard InChI is InChI=1S/C21H24N2O4/c1-2-11-27-20-10-4-3-9-19(20)22-21(24)16-23(14-17-7-5-12-25-17)15-18-8-6-13-26-18/h3-10,12-13H,2,11,14-16H2,1H3,(H,22,24). The number of carbonyl (C=O) groups excluding carboxylic acids is 1. The van der Waals surface area contributed by atoms with Gasteiger partial charge in [0.05, 0.1) is 44.5 Å². The molecule has 6 nitrogen and oxygen atoms in total. The fourth-order valence-corrected chi connectivity index (χ4v) is 2.71. The third-order valence-corrected chi connectivity index (χ3v) is 3.91. The Balaban J connectivity index is 1.65. The van der Waals surface area contributed by atoms with Crippen LogP contribution in [0, 0.1) is 0 Å². The number of anilines is 1. The molecule has 3 rings (SSSR count). The summed E-state index contributed by atoms with van der Waals surface area (Å²) < 4.78 is 16.5. The number of nitrogens with zero attached hydrogens (tertiary/aromatic N) is 1. The minimum atomic E-state index is -0.124. The molecule has 1 N–H and O–H groups in total. The predicted molar refractivity (Wildman–Crippen MR) is 102 cm³/mol. The van der Waals surface area contributed by atoms with E-state index in [0.29, 0.717) is 31.1 Å². The highest BCUT2D eigenvalue weighted by Crippen LogP contribution is 2.24. The molecule has 27 heavy (non-hydrogen) atoms. The molecule has 1 amide bonds. The number of benzene rings is 1. The second-order valence-electron chi connectivity index (χ2n) is 6.20. The van der Waals surface area contributed by atoms with Crippen LogP contribution in [0.25, 0.3) is 0 Å². The maximum atomic E-state index is 12.6. The van der Waals surface area contributed by atoms with Gasteiger partial charge in [-0.25, -0.2) is 0 Å². The first-order valence-corrected chi connectivity index (χ1v) is 9.03. The van der Waals surface area contributed by atoms with Gasteiger partial charge in [-0.15, -0.1) is 0 Å². The molecule has 3 aromatic rings. The summed E-state index contributed by atoms with van der Waals surface area (Å²) in [6.45, 7) is 3.87. The second-order valence-corrected chi connectivity index (χ2v) is 6.20. The van der Waals surface area contributed by atoms with Crippen molar-refractivity contribution in [3.05, 3.63) is 72.6 Å². The average Bonchev–Trinajstić information content (AvgIpc) is 3.35. The first-order chi connectivity index (χ1) is 13.2. The van der Waals surface area contributed by atoms with Gasteiger partial charge in [0.2, 0.25) is 5.91 Å². The van der Waals surface area contributed by atoms with E-state index >= 15 is 0 Å². The minimum absolute atomic E-state index is 0.124. The number of rotatable bonds is 10. The number of furan rings is 2. The zero-order valence-corrected chi connectivity index (χ0v) is 15.4. The lowest BCUT2D eigenvalue weighted by Gasteiger charge is -2.20. The van der Waals surface area contributed by atoms with Crippen molar-refractivity contribution in [2.24, 2.45) is 0 Å². The second kappa shape index (κ2) is 9.64. The average molecular weight is 368 g/mol. The van der Waals surface area contributed by atoms with Gasteiger partial charge in [-0.3, -0.25) is 9.69 Å². The van der Waals surface area contributed by atoms with Crippen molar-refractivity contribution in [3.8, 4) is 5.75 Å². The van der Waals surface area contributed by atoms with Crippen LogP contribution in [-0.4, -0.2) is 24.0 Å². The maximum absolute atomic E-state index is 12.6. The van der Waals surface area contributed by atoms with Gasteiger partial charge in [0.25, 0.3) is 0 Å². The van der Waals surface area contributed by atoms with E-state index in [-0.39, 0.29) is 12.5 Å². The summed E-state index contributed by atoms with van der Waals surface area (Å²) in [6.07, 6.45) is 4.16. The zero-order chi connectivity index (χ0) is 18.9. The third kappa shape index (κ3) is 5.76. The lowest BCUT2D eigenvalue weighted by atomic mass is 10.3. The molecule has 6 heteroatoms. The van der Waals surface area contributed by atoms with Crippen LogP contribution in [0.1, 0.15) is 24.9 Å². The highest BCUT2D eigenvalue weighted by Gasteiger charge is 2.16. The Morgan fingerprint density at radius 2 is 1.67 bits per heavy atom. The quantitative estimate of drug-likeness (QED) is 0.578. The molecule has 0 saturated carbocycles. The van der Waals surface area contributed by atoms with Crippen molar-refractivity contribution in [3.63, 3.8) is 0 Å². The van der Waals surface area contributed by atoms with Crippen molar-refractivity contribution in [2.75, 3.05) is 18.5 Å². The lowest BCUT2D eigenvalue weighted by Crippen LogP contribution is -2.32. The maximum Gasteiger partial charge on any atom is 0.238 e. The van der Waals surface area contributed by atoms with Gasteiger partial charge in [0, 0.05) is 0 Å². The van der Waals surface area contributed by atoms with Crippen LogP contribution in [0.2, 0.25) is 0 Å². The first-order valence-electron chi connectivity index (χ1n) is 9.03. The smallest absolute Gasteiger partial charge is 0.238 e. The van der Waals surface area contributed by atoms with Crippen molar-refractivity contribution in [1.29, 1.82) is 0 Å². The summed E-state index contributed by atoms with van der Waals surface area (Å²) in [6, 6.07) is 14.9. The third-order valence-electron chi connectivity index (χ3n) is 3.91. The Hall–Kier alpha value is -2.99. The monoisotopic (exact) mass is 368 g/mol. The molecule has 0 aliphatic rings. The fraction of sp³-hybridized carbons (Fsp3) is 0.286. The Bertz CT molecular complexity index is 776. The molecular weight excluding hydrogens is 344 g/mol. The van der Waals surface area contributed by atoms with E-state index in [1.807, 2.05) is 60.4 Å². The Morgan fingerprint density at radius 1 is 1.00 bits per heavy atom. The molecular formula is C21H24N2O4. The van der Waals surface area contributed by atoms with E-state index in [9.17, 15) is 4.79 Å². The normalized spacial score (nSPS) is 10.9. The number of nitrogens with one attached hydrogen (secondary N) is 1. The molecule has 142 valence electrons. The summed E-state index contributed by atoms with van der Waals surface area (Å²) in [5.74, 6) is 2.14. The van der Waals surface area contributed by atoms with Gasteiger partial charge < -0.3 is 18.9 Å². The Labute approximate surface area is 158 Å². The molecule has 0 aliphatic heterocycles. The van der Waals surface area contributed by atoms with Crippen LogP contribution in [-0.2, 0) is 17.9 Å².